The third-order valence-electron chi connectivity index (χ3n) is 4.29. The van der Waals surface area contributed by atoms with Crippen LogP contribution in [0.5, 0.6) is 0 Å². The molecule has 6 heteroatoms. The Bertz CT molecular complexity index is 1220. The van der Waals surface area contributed by atoms with E-state index in [0.717, 1.165) is 0 Å². The molecular formula is C22H16FN3O2. The van der Waals surface area contributed by atoms with Gasteiger partial charge in [0, 0.05) is 22.2 Å². The summed E-state index contributed by atoms with van der Waals surface area (Å²) in [7, 11) is 0. The lowest BCUT2D eigenvalue weighted by molar-refractivity contribution is 0.262. The second-order valence-corrected chi connectivity index (χ2v) is 6.21. The van der Waals surface area contributed by atoms with Gasteiger partial charge in [-0.3, -0.25) is 4.79 Å². The summed E-state index contributed by atoms with van der Waals surface area (Å²) in [6, 6.07) is 21.1. The van der Waals surface area contributed by atoms with Crippen molar-refractivity contribution >= 4 is 28.3 Å². The molecule has 0 unspecified atom stereocenters. The van der Waals surface area contributed by atoms with Crippen molar-refractivity contribution in [3.63, 3.8) is 0 Å². The number of aromatic nitrogens is 1. The SMILES string of the molecule is O=C(Nc1ccccc1)Nc1c(-c2cccc(F)c2)[nH]c2ccccc2c1=O. The van der Waals surface area contributed by atoms with Crippen LogP contribution in [-0.4, -0.2) is 11.0 Å². The van der Waals surface area contributed by atoms with E-state index in [-0.39, 0.29) is 11.1 Å². The van der Waals surface area contributed by atoms with Gasteiger partial charge in [-0.25, -0.2) is 9.18 Å². The smallest absolute Gasteiger partial charge is 0.323 e. The maximum atomic E-state index is 13.8. The zero-order chi connectivity index (χ0) is 19.5. The van der Waals surface area contributed by atoms with Gasteiger partial charge in [-0.05, 0) is 36.4 Å². The lowest BCUT2D eigenvalue weighted by Gasteiger charge is -2.13. The summed E-state index contributed by atoms with van der Waals surface area (Å²) < 4.78 is 13.8. The Balaban J connectivity index is 1.81. The molecule has 0 saturated heterocycles. The molecule has 0 radical (unpaired) electrons. The number of hydrogen-bond donors (Lipinski definition) is 3. The van der Waals surface area contributed by atoms with Crippen molar-refractivity contribution in [3.8, 4) is 11.3 Å². The maximum Gasteiger partial charge on any atom is 0.323 e. The number of nitrogens with one attached hydrogen (secondary N) is 3. The number of urea groups is 1. The molecular weight excluding hydrogens is 357 g/mol. The standard InChI is InChI=1S/C22H16FN3O2/c23-15-8-6-7-14(13-15)19-20(21(27)17-11-4-5-12-18(17)25-19)26-22(28)24-16-9-2-1-3-10-16/h1-13H,(H,25,27)(H2,24,26,28). The molecule has 0 aliphatic carbocycles. The first-order valence-corrected chi connectivity index (χ1v) is 8.66. The molecule has 1 heterocycles. The van der Waals surface area contributed by atoms with E-state index in [2.05, 4.69) is 15.6 Å². The number of carbonyl (C=O) groups is 1. The molecule has 0 atom stereocenters. The third-order valence-corrected chi connectivity index (χ3v) is 4.29. The van der Waals surface area contributed by atoms with Crippen LogP contribution >= 0.6 is 0 Å². The van der Waals surface area contributed by atoms with Crippen molar-refractivity contribution < 1.29 is 9.18 Å². The van der Waals surface area contributed by atoms with Crippen molar-refractivity contribution in [1.29, 1.82) is 0 Å². The van der Waals surface area contributed by atoms with Gasteiger partial charge in [0.2, 0.25) is 5.43 Å². The topological polar surface area (TPSA) is 74.0 Å². The van der Waals surface area contributed by atoms with E-state index in [9.17, 15) is 14.0 Å². The predicted molar refractivity (Wildman–Crippen MR) is 109 cm³/mol. The zero-order valence-corrected chi connectivity index (χ0v) is 14.7. The van der Waals surface area contributed by atoms with E-state index in [4.69, 9.17) is 0 Å². The Morgan fingerprint density at radius 1 is 0.857 bits per heavy atom. The van der Waals surface area contributed by atoms with Crippen molar-refractivity contribution in [3.05, 3.63) is 94.9 Å². The Kier molecular flexibility index (Phi) is 4.60. The molecule has 4 rings (SSSR count). The van der Waals surface area contributed by atoms with Crippen LogP contribution in [0, 0.1) is 5.82 Å². The summed E-state index contributed by atoms with van der Waals surface area (Å²) in [5, 5.41) is 5.73. The second kappa shape index (κ2) is 7.36. The molecule has 3 aromatic carbocycles. The highest BCUT2D eigenvalue weighted by Crippen LogP contribution is 2.26. The minimum Gasteiger partial charge on any atom is -0.353 e. The first-order chi connectivity index (χ1) is 13.6. The average molecular weight is 373 g/mol. The highest BCUT2D eigenvalue weighted by molar-refractivity contribution is 6.03. The highest BCUT2D eigenvalue weighted by atomic mass is 19.1. The van der Waals surface area contributed by atoms with Gasteiger partial charge in [-0.15, -0.1) is 0 Å². The largest absolute Gasteiger partial charge is 0.353 e. The van der Waals surface area contributed by atoms with Crippen molar-refractivity contribution in [2.24, 2.45) is 0 Å². The molecule has 0 aliphatic heterocycles. The Morgan fingerprint density at radius 3 is 2.39 bits per heavy atom. The summed E-state index contributed by atoms with van der Waals surface area (Å²) in [5.41, 5.74) is 1.68. The van der Waals surface area contributed by atoms with Gasteiger partial charge in [0.1, 0.15) is 11.5 Å². The number of H-pyrrole nitrogens is 1. The second-order valence-electron chi connectivity index (χ2n) is 6.21. The normalized spacial score (nSPS) is 10.6. The van der Waals surface area contributed by atoms with Crippen LogP contribution in [0.25, 0.3) is 22.2 Å². The number of halogens is 1. The number of amides is 2. The average Bonchev–Trinajstić information content (AvgIpc) is 2.71. The Hall–Kier alpha value is -3.93. The summed E-state index contributed by atoms with van der Waals surface area (Å²) in [4.78, 5) is 28.7. The molecule has 0 saturated carbocycles. The van der Waals surface area contributed by atoms with Crippen molar-refractivity contribution in [2.45, 2.75) is 0 Å². The first kappa shape index (κ1) is 17.5. The monoisotopic (exact) mass is 373 g/mol. The first-order valence-electron chi connectivity index (χ1n) is 8.66. The van der Waals surface area contributed by atoms with Gasteiger partial charge in [0.05, 0.1) is 5.69 Å². The number of benzene rings is 3. The molecule has 0 bridgehead atoms. The molecule has 2 amide bonds. The Morgan fingerprint density at radius 2 is 1.61 bits per heavy atom. The fourth-order valence-electron chi connectivity index (χ4n) is 3.01. The van der Waals surface area contributed by atoms with Crippen LogP contribution < -0.4 is 16.1 Å². The summed E-state index contributed by atoms with van der Waals surface area (Å²) in [6.07, 6.45) is 0. The van der Waals surface area contributed by atoms with Gasteiger partial charge in [0.15, 0.2) is 0 Å². The van der Waals surface area contributed by atoms with Gasteiger partial charge >= 0.3 is 6.03 Å². The number of hydrogen-bond acceptors (Lipinski definition) is 2. The zero-order valence-electron chi connectivity index (χ0n) is 14.7. The highest BCUT2D eigenvalue weighted by Gasteiger charge is 2.16. The fourth-order valence-corrected chi connectivity index (χ4v) is 3.01. The van der Waals surface area contributed by atoms with E-state index in [0.29, 0.717) is 27.8 Å². The summed E-state index contributed by atoms with van der Waals surface area (Å²) in [5.74, 6) is -0.439. The number of aromatic amines is 1. The van der Waals surface area contributed by atoms with Gasteiger partial charge < -0.3 is 15.6 Å². The molecule has 3 N–H and O–H groups in total. The van der Waals surface area contributed by atoms with E-state index < -0.39 is 11.8 Å². The number of rotatable bonds is 3. The summed E-state index contributed by atoms with van der Waals surface area (Å²) >= 11 is 0. The lowest BCUT2D eigenvalue weighted by Crippen LogP contribution is -2.24. The quantitative estimate of drug-likeness (QED) is 0.474. The van der Waals surface area contributed by atoms with Crippen molar-refractivity contribution in [2.75, 3.05) is 10.6 Å². The van der Waals surface area contributed by atoms with Crippen LogP contribution in [0.4, 0.5) is 20.6 Å². The molecule has 138 valence electrons. The van der Waals surface area contributed by atoms with Crippen LogP contribution in [0.1, 0.15) is 0 Å². The number of anilines is 2. The maximum absolute atomic E-state index is 13.8. The Labute approximate surface area is 159 Å². The molecule has 4 aromatic rings. The molecule has 0 fully saturated rings. The fraction of sp³-hybridized carbons (Fsp3) is 0. The van der Waals surface area contributed by atoms with Crippen LogP contribution in [0.15, 0.2) is 83.7 Å². The van der Waals surface area contributed by atoms with Crippen LogP contribution in [-0.2, 0) is 0 Å². The van der Waals surface area contributed by atoms with Gasteiger partial charge in [-0.1, -0.05) is 42.5 Å². The number of para-hydroxylation sites is 2. The molecule has 5 nitrogen and oxygen atoms in total. The molecule has 0 aliphatic rings. The molecule has 28 heavy (non-hydrogen) atoms. The van der Waals surface area contributed by atoms with Crippen LogP contribution in [0.2, 0.25) is 0 Å². The minimum absolute atomic E-state index is 0.0535. The lowest BCUT2D eigenvalue weighted by atomic mass is 10.1. The van der Waals surface area contributed by atoms with E-state index in [1.807, 2.05) is 6.07 Å². The van der Waals surface area contributed by atoms with Gasteiger partial charge in [0.25, 0.3) is 0 Å². The number of pyridine rings is 1. The number of fused-ring (bicyclic) bond motifs is 1. The minimum atomic E-state index is -0.565. The van der Waals surface area contributed by atoms with Crippen LogP contribution in [0.3, 0.4) is 0 Å². The van der Waals surface area contributed by atoms with E-state index in [1.165, 1.54) is 12.1 Å². The van der Waals surface area contributed by atoms with Gasteiger partial charge in [-0.2, -0.15) is 0 Å². The summed E-state index contributed by atoms with van der Waals surface area (Å²) in [6.45, 7) is 0. The molecule has 0 spiro atoms. The van der Waals surface area contributed by atoms with E-state index in [1.54, 1.807) is 60.7 Å². The van der Waals surface area contributed by atoms with E-state index >= 15 is 0 Å². The predicted octanol–water partition coefficient (Wildman–Crippen LogP) is 4.98. The molecule has 1 aromatic heterocycles. The third kappa shape index (κ3) is 3.48. The number of carbonyl (C=O) groups excluding carboxylic acids is 1. The van der Waals surface area contributed by atoms with Crippen molar-refractivity contribution in [1.82, 2.24) is 4.98 Å².